The molecule has 164 valence electrons. The number of hydrogen-bond acceptors (Lipinski definition) is 5. The Balaban J connectivity index is 1.52. The second kappa shape index (κ2) is 9.22. The molecule has 6 nitrogen and oxygen atoms in total. The van der Waals surface area contributed by atoms with E-state index in [0.29, 0.717) is 13.1 Å². The van der Waals surface area contributed by atoms with Crippen LogP contribution in [0.4, 0.5) is 5.69 Å². The van der Waals surface area contributed by atoms with Gasteiger partial charge in [-0.05, 0) is 55.5 Å². The number of amides is 2. The molecule has 2 aliphatic heterocycles. The standard InChI is InChI=1S/C24H28N2O4S/c1-29-18-8-11-20(22(14-18)30-2)21-5-4-12-25(21)24(28)16-13-23(27)26(15-16)17-6-9-19(31-3)10-7-17/h6-11,14,16,21H,4-5,12-13,15H2,1-3H3/t16-,21+/m0/s1. The molecular formula is C24H28N2O4S. The van der Waals surface area contributed by atoms with Crippen molar-refractivity contribution in [1.29, 1.82) is 0 Å². The average molecular weight is 441 g/mol. The third-order valence-electron chi connectivity index (χ3n) is 6.19. The highest BCUT2D eigenvalue weighted by Crippen LogP contribution is 2.40. The molecule has 0 N–H and O–H groups in total. The van der Waals surface area contributed by atoms with Crippen LogP contribution < -0.4 is 14.4 Å². The Morgan fingerprint density at radius 2 is 1.87 bits per heavy atom. The maximum atomic E-state index is 13.5. The molecule has 2 atom stereocenters. The van der Waals surface area contributed by atoms with Crippen LogP contribution in [0.3, 0.4) is 0 Å². The van der Waals surface area contributed by atoms with Crippen LogP contribution in [0.1, 0.15) is 30.9 Å². The van der Waals surface area contributed by atoms with E-state index in [4.69, 9.17) is 9.47 Å². The van der Waals surface area contributed by atoms with Gasteiger partial charge in [0.25, 0.3) is 0 Å². The van der Waals surface area contributed by atoms with Crippen molar-refractivity contribution in [3.8, 4) is 11.5 Å². The van der Waals surface area contributed by atoms with E-state index in [-0.39, 0.29) is 30.2 Å². The molecule has 4 rings (SSSR count). The van der Waals surface area contributed by atoms with Gasteiger partial charge in [-0.3, -0.25) is 9.59 Å². The number of hydrogen-bond donors (Lipinski definition) is 0. The number of ether oxygens (including phenoxy) is 2. The number of thioether (sulfide) groups is 1. The maximum Gasteiger partial charge on any atom is 0.228 e. The lowest BCUT2D eigenvalue weighted by Gasteiger charge is -2.28. The van der Waals surface area contributed by atoms with Gasteiger partial charge in [-0.15, -0.1) is 11.8 Å². The second-order valence-corrected chi connectivity index (χ2v) is 8.78. The predicted octanol–water partition coefficient (Wildman–Crippen LogP) is 4.14. The number of nitrogens with zero attached hydrogens (tertiary/aromatic N) is 2. The first-order chi connectivity index (χ1) is 15.0. The first-order valence-corrected chi connectivity index (χ1v) is 11.7. The minimum Gasteiger partial charge on any atom is -0.497 e. The van der Waals surface area contributed by atoms with Crippen molar-refractivity contribution in [2.75, 3.05) is 38.5 Å². The lowest BCUT2D eigenvalue weighted by molar-refractivity contribution is -0.136. The molecule has 7 heteroatoms. The van der Waals surface area contributed by atoms with Crippen LogP contribution in [-0.4, -0.2) is 50.3 Å². The topological polar surface area (TPSA) is 59.1 Å². The predicted molar refractivity (Wildman–Crippen MR) is 122 cm³/mol. The minimum atomic E-state index is -0.322. The molecule has 0 spiro atoms. The van der Waals surface area contributed by atoms with Gasteiger partial charge in [0, 0.05) is 41.7 Å². The summed E-state index contributed by atoms with van der Waals surface area (Å²) in [6.07, 6.45) is 4.10. The van der Waals surface area contributed by atoms with Crippen molar-refractivity contribution in [1.82, 2.24) is 4.90 Å². The largest absolute Gasteiger partial charge is 0.497 e. The summed E-state index contributed by atoms with van der Waals surface area (Å²) >= 11 is 1.66. The number of carbonyl (C=O) groups is 2. The molecule has 0 bridgehead atoms. The third-order valence-corrected chi connectivity index (χ3v) is 6.94. The molecule has 0 unspecified atom stereocenters. The molecule has 0 saturated carbocycles. The number of benzene rings is 2. The number of methoxy groups -OCH3 is 2. The number of rotatable bonds is 6. The summed E-state index contributed by atoms with van der Waals surface area (Å²) in [4.78, 5) is 31.0. The highest BCUT2D eigenvalue weighted by Gasteiger charge is 2.41. The van der Waals surface area contributed by atoms with Gasteiger partial charge in [0.1, 0.15) is 11.5 Å². The van der Waals surface area contributed by atoms with Gasteiger partial charge in [0.05, 0.1) is 26.2 Å². The van der Waals surface area contributed by atoms with Crippen molar-refractivity contribution in [2.45, 2.75) is 30.2 Å². The van der Waals surface area contributed by atoms with Crippen molar-refractivity contribution < 1.29 is 19.1 Å². The number of carbonyl (C=O) groups excluding carboxylic acids is 2. The number of anilines is 1. The molecule has 0 radical (unpaired) electrons. The molecule has 2 heterocycles. The SMILES string of the molecule is COc1ccc([C@H]2CCCN2C(=O)[C@H]2CC(=O)N(c3ccc(SC)cc3)C2)c(OC)c1. The Morgan fingerprint density at radius 3 is 2.55 bits per heavy atom. The fourth-order valence-electron chi connectivity index (χ4n) is 4.57. The Hall–Kier alpha value is -2.67. The quantitative estimate of drug-likeness (QED) is 0.632. The van der Waals surface area contributed by atoms with E-state index in [9.17, 15) is 9.59 Å². The fourth-order valence-corrected chi connectivity index (χ4v) is 4.98. The molecule has 2 aromatic rings. The molecule has 2 amide bonds. The van der Waals surface area contributed by atoms with E-state index in [1.807, 2.05) is 53.6 Å². The minimum absolute atomic E-state index is 0.00743. The van der Waals surface area contributed by atoms with Crippen LogP contribution in [0.2, 0.25) is 0 Å². The Labute approximate surface area is 187 Å². The average Bonchev–Trinajstić information content (AvgIpc) is 3.45. The van der Waals surface area contributed by atoms with Crippen molar-refractivity contribution >= 4 is 29.3 Å². The molecular weight excluding hydrogens is 412 g/mol. The van der Waals surface area contributed by atoms with Gasteiger partial charge in [-0.25, -0.2) is 0 Å². The third kappa shape index (κ3) is 4.24. The zero-order chi connectivity index (χ0) is 22.0. The second-order valence-electron chi connectivity index (χ2n) is 7.90. The summed E-state index contributed by atoms with van der Waals surface area (Å²) in [5.74, 6) is 1.19. The summed E-state index contributed by atoms with van der Waals surface area (Å²) in [6.45, 7) is 1.13. The molecule has 0 aliphatic carbocycles. The highest BCUT2D eigenvalue weighted by molar-refractivity contribution is 7.98. The van der Waals surface area contributed by atoms with E-state index in [1.165, 1.54) is 0 Å². The van der Waals surface area contributed by atoms with Gasteiger partial charge >= 0.3 is 0 Å². The summed E-state index contributed by atoms with van der Waals surface area (Å²) < 4.78 is 10.9. The lowest BCUT2D eigenvalue weighted by atomic mass is 10.0. The molecule has 0 aromatic heterocycles. The highest BCUT2D eigenvalue weighted by atomic mass is 32.2. The van der Waals surface area contributed by atoms with Gasteiger partial charge in [-0.2, -0.15) is 0 Å². The lowest BCUT2D eigenvalue weighted by Crippen LogP contribution is -2.37. The summed E-state index contributed by atoms with van der Waals surface area (Å²) in [7, 11) is 3.26. The Kier molecular flexibility index (Phi) is 6.41. The van der Waals surface area contributed by atoms with Crippen LogP contribution in [0.25, 0.3) is 0 Å². The van der Waals surface area contributed by atoms with E-state index in [2.05, 4.69) is 0 Å². The molecule has 2 aliphatic rings. The normalized spacial score (nSPS) is 20.9. The zero-order valence-electron chi connectivity index (χ0n) is 18.2. The molecule has 2 saturated heterocycles. The van der Waals surface area contributed by atoms with E-state index >= 15 is 0 Å². The molecule has 2 fully saturated rings. The van der Waals surface area contributed by atoms with E-state index in [0.717, 1.165) is 40.5 Å². The molecule has 2 aromatic carbocycles. The fraction of sp³-hybridized carbons (Fsp3) is 0.417. The van der Waals surface area contributed by atoms with Gasteiger partial charge in [0.15, 0.2) is 0 Å². The summed E-state index contributed by atoms with van der Waals surface area (Å²) in [5.41, 5.74) is 1.84. The molecule has 31 heavy (non-hydrogen) atoms. The van der Waals surface area contributed by atoms with E-state index < -0.39 is 0 Å². The van der Waals surface area contributed by atoms with Crippen LogP contribution in [-0.2, 0) is 9.59 Å². The van der Waals surface area contributed by atoms with Crippen molar-refractivity contribution in [2.24, 2.45) is 5.92 Å². The Bertz CT molecular complexity index is 963. The van der Waals surface area contributed by atoms with Gasteiger partial charge in [-0.1, -0.05) is 0 Å². The first kappa shape index (κ1) is 21.6. The van der Waals surface area contributed by atoms with Crippen LogP contribution in [0.5, 0.6) is 11.5 Å². The first-order valence-electron chi connectivity index (χ1n) is 10.5. The van der Waals surface area contributed by atoms with Crippen molar-refractivity contribution in [3.05, 3.63) is 48.0 Å². The van der Waals surface area contributed by atoms with Gasteiger partial charge < -0.3 is 19.3 Å². The number of likely N-dealkylation sites (tertiary alicyclic amines) is 1. The van der Waals surface area contributed by atoms with Crippen LogP contribution >= 0.6 is 11.8 Å². The van der Waals surface area contributed by atoms with Gasteiger partial charge in [0.2, 0.25) is 11.8 Å². The zero-order valence-corrected chi connectivity index (χ0v) is 19.0. The van der Waals surface area contributed by atoms with Crippen molar-refractivity contribution in [3.63, 3.8) is 0 Å². The van der Waals surface area contributed by atoms with E-state index in [1.54, 1.807) is 30.9 Å². The van der Waals surface area contributed by atoms with Crippen LogP contribution in [0, 0.1) is 5.92 Å². The van der Waals surface area contributed by atoms with Crippen LogP contribution in [0.15, 0.2) is 47.4 Å². The summed E-state index contributed by atoms with van der Waals surface area (Å²) in [6, 6.07) is 13.6. The smallest absolute Gasteiger partial charge is 0.228 e. The monoisotopic (exact) mass is 440 g/mol. The summed E-state index contributed by atoms with van der Waals surface area (Å²) in [5, 5.41) is 0. The maximum absolute atomic E-state index is 13.5. The Morgan fingerprint density at radius 1 is 1.10 bits per heavy atom.